The van der Waals surface area contributed by atoms with Crippen LogP contribution < -0.4 is 9.64 Å². The minimum absolute atomic E-state index is 0.0704. The Kier molecular flexibility index (Phi) is 6.76. The van der Waals surface area contributed by atoms with Gasteiger partial charge in [-0.3, -0.25) is 0 Å². The lowest BCUT2D eigenvalue weighted by molar-refractivity contribution is -0.192. The van der Waals surface area contributed by atoms with Crippen LogP contribution in [0.5, 0.6) is 5.88 Å². The van der Waals surface area contributed by atoms with Crippen molar-refractivity contribution in [3.63, 3.8) is 0 Å². The fourth-order valence-electron chi connectivity index (χ4n) is 3.43. The number of carboxylic acids is 1. The van der Waals surface area contributed by atoms with Crippen LogP contribution in [0.3, 0.4) is 0 Å². The van der Waals surface area contributed by atoms with Crippen LogP contribution in [-0.4, -0.2) is 63.8 Å². The number of pyridine rings is 1. The average Bonchev–Trinajstić information content (AvgIpc) is 3.29. The number of hydrogen-bond acceptors (Lipinski definition) is 8. The molecule has 4 rings (SSSR count). The zero-order valence-electron chi connectivity index (χ0n) is 16.1. The molecule has 0 amide bonds. The van der Waals surface area contributed by atoms with E-state index in [2.05, 4.69) is 20.1 Å². The Morgan fingerprint density at radius 2 is 2.17 bits per heavy atom. The molecule has 2 atom stereocenters. The van der Waals surface area contributed by atoms with Gasteiger partial charge in [-0.15, -0.1) is 10.2 Å². The Morgan fingerprint density at radius 1 is 1.40 bits per heavy atom. The number of aromatic nitrogens is 3. The molecule has 1 spiro atoms. The SMILES string of the molecule is Cc1nnc(N2CCC[C@]3(C[C@H](Oc4ccccn4)CO3)C2)s1.O=C(O)C(F)(F)F. The smallest absolute Gasteiger partial charge is 0.475 e. The zero-order chi connectivity index (χ0) is 21.8. The van der Waals surface area contributed by atoms with Crippen LogP contribution in [0.2, 0.25) is 0 Å². The van der Waals surface area contributed by atoms with Crippen LogP contribution >= 0.6 is 11.3 Å². The first-order valence-corrected chi connectivity index (χ1v) is 10.1. The van der Waals surface area contributed by atoms with Gasteiger partial charge in [-0.1, -0.05) is 17.4 Å². The Hall–Kier alpha value is -2.47. The first kappa shape index (κ1) is 22.2. The Balaban J connectivity index is 0.000000318. The number of piperidine rings is 1. The molecule has 4 heterocycles. The first-order chi connectivity index (χ1) is 14.2. The number of aliphatic carboxylic acids is 1. The van der Waals surface area contributed by atoms with Gasteiger partial charge in [0, 0.05) is 31.8 Å². The lowest BCUT2D eigenvalue weighted by Crippen LogP contribution is -2.48. The molecule has 8 nitrogen and oxygen atoms in total. The third kappa shape index (κ3) is 5.79. The molecule has 2 aliphatic heterocycles. The number of alkyl halides is 3. The molecule has 2 saturated heterocycles. The number of anilines is 1. The molecule has 0 radical (unpaired) electrons. The molecule has 0 bridgehead atoms. The summed E-state index contributed by atoms with van der Waals surface area (Å²) in [6.07, 6.45) is -0.182. The highest BCUT2D eigenvalue weighted by molar-refractivity contribution is 7.15. The van der Waals surface area contributed by atoms with Crippen LogP contribution in [0.25, 0.3) is 0 Å². The van der Waals surface area contributed by atoms with E-state index in [0.29, 0.717) is 12.5 Å². The zero-order valence-corrected chi connectivity index (χ0v) is 16.9. The monoisotopic (exact) mass is 446 g/mol. The number of carbonyl (C=O) groups is 1. The number of carboxylic acid groups (broad SMARTS) is 1. The maximum atomic E-state index is 10.6. The number of hydrogen-bond donors (Lipinski definition) is 1. The highest BCUT2D eigenvalue weighted by Crippen LogP contribution is 2.38. The van der Waals surface area contributed by atoms with Crippen LogP contribution in [-0.2, 0) is 9.53 Å². The molecule has 0 aromatic carbocycles. The minimum atomic E-state index is -5.08. The van der Waals surface area contributed by atoms with Crippen molar-refractivity contribution in [2.24, 2.45) is 0 Å². The molecule has 0 aliphatic carbocycles. The molecule has 2 aromatic rings. The van der Waals surface area contributed by atoms with Gasteiger partial charge in [0.2, 0.25) is 11.0 Å². The largest absolute Gasteiger partial charge is 0.490 e. The summed E-state index contributed by atoms with van der Waals surface area (Å²) in [5.74, 6) is -2.09. The fraction of sp³-hybridized carbons (Fsp3) is 0.556. The van der Waals surface area contributed by atoms with Crippen molar-refractivity contribution in [2.75, 3.05) is 24.6 Å². The van der Waals surface area contributed by atoms with Crippen LogP contribution in [0.15, 0.2) is 24.4 Å². The molecular weight excluding hydrogens is 425 g/mol. The molecule has 0 unspecified atom stereocenters. The van der Waals surface area contributed by atoms with Crippen molar-refractivity contribution in [1.82, 2.24) is 15.2 Å². The first-order valence-electron chi connectivity index (χ1n) is 9.24. The maximum absolute atomic E-state index is 10.6. The van der Waals surface area contributed by atoms with Crippen molar-refractivity contribution in [1.29, 1.82) is 0 Å². The van der Waals surface area contributed by atoms with E-state index in [1.54, 1.807) is 17.5 Å². The van der Waals surface area contributed by atoms with Gasteiger partial charge in [0.05, 0.1) is 12.2 Å². The molecular formula is C18H21F3N4O4S. The average molecular weight is 446 g/mol. The second-order valence-corrected chi connectivity index (χ2v) is 8.20. The number of aryl methyl sites for hydroxylation is 1. The highest BCUT2D eigenvalue weighted by Gasteiger charge is 2.45. The number of rotatable bonds is 3. The third-order valence-electron chi connectivity index (χ3n) is 4.67. The van der Waals surface area contributed by atoms with Gasteiger partial charge in [-0.2, -0.15) is 13.2 Å². The van der Waals surface area contributed by atoms with Crippen molar-refractivity contribution in [2.45, 2.75) is 44.1 Å². The van der Waals surface area contributed by atoms with Gasteiger partial charge < -0.3 is 19.5 Å². The lowest BCUT2D eigenvalue weighted by atomic mass is 9.89. The van der Waals surface area contributed by atoms with Crippen molar-refractivity contribution >= 4 is 22.4 Å². The van der Waals surface area contributed by atoms with E-state index in [-0.39, 0.29) is 11.7 Å². The molecule has 12 heteroatoms. The van der Waals surface area contributed by atoms with E-state index in [4.69, 9.17) is 19.4 Å². The van der Waals surface area contributed by atoms with Gasteiger partial charge in [0.15, 0.2) is 0 Å². The predicted octanol–water partition coefficient (Wildman–Crippen LogP) is 3.08. The summed E-state index contributed by atoms with van der Waals surface area (Å²) < 4.78 is 43.9. The second kappa shape index (κ2) is 9.13. The highest BCUT2D eigenvalue weighted by atomic mass is 32.1. The fourth-order valence-corrected chi connectivity index (χ4v) is 4.14. The molecule has 2 aromatic heterocycles. The van der Waals surface area contributed by atoms with Gasteiger partial charge in [0.25, 0.3) is 0 Å². The summed E-state index contributed by atoms with van der Waals surface area (Å²) in [4.78, 5) is 15.4. The summed E-state index contributed by atoms with van der Waals surface area (Å²) in [6, 6.07) is 5.72. The van der Waals surface area contributed by atoms with Gasteiger partial charge in [-0.05, 0) is 25.8 Å². The van der Waals surface area contributed by atoms with E-state index < -0.39 is 12.1 Å². The predicted molar refractivity (Wildman–Crippen MR) is 102 cm³/mol. The number of nitrogens with zero attached hydrogens (tertiary/aromatic N) is 4. The van der Waals surface area contributed by atoms with Crippen LogP contribution in [0, 0.1) is 6.92 Å². The molecule has 164 valence electrons. The third-order valence-corrected chi connectivity index (χ3v) is 5.57. The second-order valence-electron chi connectivity index (χ2n) is 7.04. The molecule has 30 heavy (non-hydrogen) atoms. The Bertz CT molecular complexity index is 851. The Labute approximate surface area is 174 Å². The van der Waals surface area contributed by atoms with Crippen molar-refractivity contribution < 1.29 is 32.5 Å². The summed E-state index contributed by atoms with van der Waals surface area (Å²) in [7, 11) is 0. The topological polar surface area (TPSA) is 97.7 Å². The lowest BCUT2D eigenvalue weighted by Gasteiger charge is -2.39. The summed E-state index contributed by atoms with van der Waals surface area (Å²) >= 11 is 1.65. The van der Waals surface area contributed by atoms with E-state index in [9.17, 15) is 13.2 Å². The molecule has 2 fully saturated rings. The van der Waals surface area contributed by atoms with Gasteiger partial charge >= 0.3 is 12.1 Å². The normalized spacial score (nSPS) is 23.7. The Morgan fingerprint density at radius 3 is 2.77 bits per heavy atom. The molecule has 2 aliphatic rings. The number of halogens is 3. The molecule has 0 saturated carbocycles. The minimum Gasteiger partial charge on any atom is -0.475 e. The van der Waals surface area contributed by atoms with Crippen LogP contribution in [0.1, 0.15) is 24.3 Å². The van der Waals surface area contributed by atoms with E-state index in [1.165, 1.54) is 0 Å². The van der Waals surface area contributed by atoms with E-state index in [1.807, 2.05) is 25.1 Å². The summed E-state index contributed by atoms with van der Waals surface area (Å²) in [5.41, 5.74) is -0.128. The summed E-state index contributed by atoms with van der Waals surface area (Å²) in [5, 5.41) is 17.5. The van der Waals surface area contributed by atoms with Crippen molar-refractivity contribution in [3.8, 4) is 5.88 Å². The molecule has 1 N–H and O–H groups in total. The standard InChI is InChI=1S/C16H20N4O2S.C2HF3O2/c1-12-18-19-15(23-12)20-8-4-6-16(11-20)9-13(10-21-16)22-14-5-2-3-7-17-14;3-2(4,5)1(6)7/h2-3,5,7,13H,4,6,8-11H2,1H3;(H,6,7)/t13-,16-;/m0./s1. The van der Waals surface area contributed by atoms with Gasteiger partial charge in [0.1, 0.15) is 11.1 Å². The van der Waals surface area contributed by atoms with Crippen LogP contribution in [0.4, 0.5) is 18.3 Å². The summed E-state index contributed by atoms with van der Waals surface area (Å²) in [6.45, 7) is 4.50. The van der Waals surface area contributed by atoms with E-state index >= 15 is 0 Å². The van der Waals surface area contributed by atoms with E-state index in [0.717, 1.165) is 42.5 Å². The quantitative estimate of drug-likeness (QED) is 0.768. The maximum Gasteiger partial charge on any atom is 0.490 e. The van der Waals surface area contributed by atoms with Crippen molar-refractivity contribution in [3.05, 3.63) is 29.4 Å². The van der Waals surface area contributed by atoms with Gasteiger partial charge in [-0.25, -0.2) is 9.78 Å². The number of ether oxygens (including phenoxy) is 2.